The van der Waals surface area contributed by atoms with Gasteiger partial charge in [-0.3, -0.25) is 0 Å². The molecule has 0 amide bonds. The van der Waals surface area contributed by atoms with Gasteiger partial charge in [-0.15, -0.1) is 0 Å². The molecular weight excluding hydrogens is 200 g/mol. The lowest BCUT2D eigenvalue weighted by Crippen LogP contribution is -1.98. The summed E-state index contributed by atoms with van der Waals surface area (Å²) in [5, 5.41) is 8.83. The van der Waals surface area contributed by atoms with Gasteiger partial charge in [-0.2, -0.15) is 0 Å². The molecule has 0 bridgehead atoms. The Labute approximate surface area is 98.4 Å². The van der Waals surface area contributed by atoms with E-state index in [1.807, 2.05) is 13.0 Å². The molecule has 0 aliphatic carbocycles. The van der Waals surface area contributed by atoms with Crippen molar-refractivity contribution in [1.82, 2.24) is 0 Å². The van der Waals surface area contributed by atoms with Crippen LogP contribution in [0.15, 0.2) is 34.9 Å². The first-order valence-electron chi connectivity index (χ1n) is 5.64. The Bertz CT molecular complexity index is 316. The van der Waals surface area contributed by atoms with Crippen LogP contribution in [0.3, 0.4) is 0 Å². The molecule has 0 saturated carbocycles. The summed E-state index contributed by atoms with van der Waals surface area (Å²) < 4.78 is 0. The van der Waals surface area contributed by atoms with Gasteiger partial charge in [0.05, 0.1) is 0 Å². The van der Waals surface area contributed by atoms with Crippen molar-refractivity contribution in [3.8, 4) is 0 Å². The Balaban J connectivity index is 4.14. The highest BCUT2D eigenvalue weighted by atomic mass is 16.4. The van der Waals surface area contributed by atoms with E-state index in [2.05, 4.69) is 19.9 Å². The van der Waals surface area contributed by atoms with Gasteiger partial charge in [0.25, 0.3) is 0 Å². The van der Waals surface area contributed by atoms with E-state index in [9.17, 15) is 4.79 Å². The molecule has 1 N–H and O–H groups in total. The molecule has 0 aromatic carbocycles. The first kappa shape index (κ1) is 14.7. The van der Waals surface area contributed by atoms with Crippen LogP contribution in [0.2, 0.25) is 0 Å². The monoisotopic (exact) mass is 222 g/mol. The van der Waals surface area contributed by atoms with Crippen LogP contribution in [0.1, 0.15) is 47.0 Å². The Morgan fingerprint density at radius 3 is 2.25 bits per heavy atom. The van der Waals surface area contributed by atoms with Gasteiger partial charge in [-0.25, -0.2) is 4.79 Å². The number of carboxylic acid groups (broad SMARTS) is 1. The third-order valence-electron chi connectivity index (χ3n) is 2.38. The van der Waals surface area contributed by atoms with E-state index >= 15 is 0 Å². The largest absolute Gasteiger partial charge is 0.478 e. The highest BCUT2D eigenvalue weighted by molar-refractivity contribution is 5.86. The third-order valence-corrected chi connectivity index (χ3v) is 2.38. The number of aliphatic carboxylic acids is 1. The van der Waals surface area contributed by atoms with Crippen LogP contribution in [0, 0.1) is 0 Å². The topological polar surface area (TPSA) is 37.3 Å². The van der Waals surface area contributed by atoms with E-state index in [1.165, 1.54) is 11.1 Å². The zero-order chi connectivity index (χ0) is 12.6. The first-order chi connectivity index (χ1) is 7.47. The van der Waals surface area contributed by atoms with Crippen molar-refractivity contribution in [2.24, 2.45) is 0 Å². The molecule has 0 spiro atoms. The standard InChI is InChI=1S/C14H22O2/c1-5-13(14(15)16)10-9-12(4)8-6-7-11(2)3/h5,7,9H,6,8,10H2,1-4H3,(H,15,16). The van der Waals surface area contributed by atoms with E-state index < -0.39 is 5.97 Å². The average molecular weight is 222 g/mol. The maximum absolute atomic E-state index is 10.7. The quantitative estimate of drug-likeness (QED) is 0.542. The first-order valence-corrected chi connectivity index (χ1v) is 5.64. The van der Waals surface area contributed by atoms with Crippen molar-refractivity contribution in [1.29, 1.82) is 0 Å². The number of rotatable bonds is 6. The molecule has 2 nitrogen and oxygen atoms in total. The minimum Gasteiger partial charge on any atom is -0.478 e. The van der Waals surface area contributed by atoms with Crippen molar-refractivity contribution < 1.29 is 9.90 Å². The van der Waals surface area contributed by atoms with Crippen LogP contribution in [0.5, 0.6) is 0 Å². The van der Waals surface area contributed by atoms with Gasteiger partial charge in [-0.1, -0.05) is 29.4 Å². The van der Waals surface area contributed by atoms with Crippen LogP contribution >= 0.6 is 0 Å². The van der Waals surface area contributed by atoms with Crippen molar-refractivity contribution in [2.45, 2.75) is 47.0 Å². The molecule has 0 heterocycles. The molecule has 0 aliphatic rings. The molecule has 2 heteroatoms. The number of carbonyl (C=O) groups is 1. The minimum atomic E-state index is -0.823. The molecule has 0 rings (SSSR count). The molecule has 0 unspecified atom stereocenters. The van der Waals surface area contributed by atoms with Crippen LogP contribution in [-0.4, -0.2) is 11.1 Å². The number of hydrogen-bond donors (Lipinski definition) is 1. The van der Waals surface area contributed by atoms with E-state index in [4.69, 9.17) is 5.11 Å². The zero-order valence-electron chi connectivity index (χ0n) is 10.7. The van der Waals surface area contributed by atoms with Gasteiger partial charge in [0, 0.05) is 5.57 Å². The van der Waals surface area contributed by atoms with Gasteiger partial charge < -0.3 is 5.11 Å². The average Bonchev–Trinajstić information content (AvgIpc) is 2.17. The predicted octanol–water partition coefficient (Wildman–Crippen LogP) is 4.10. The second-order valence-electron chi connectivity index (χ2n) is 4.19. The van der Waals surface area contributed by atoms with Gasteiger partial charge in [0.15, 0.2) is 0 Å². The second-order valence-corrected chi connectivity index (χ2v) is 4.19. The molecular formula is C14H22O2. The fraction of sp³-hybridized carbons (Fsp3) is 0.500. The number of hydrogen-bond acceptors (Lipinski definition) is 1. The van der Waals surface area contributed by atoms with E-state index in [0.29, 0.717) is 12.0 Å². The number of allylic oxidation sites excluding steroid dienone is 5. The summed E-state index contributed by atoms with van der Waals surface area (Å²) in [5.74, 6) is -0.823. The highest BCUT2D eigenvalue weighted by Gasteiger charge is 2.02. The van der Waals surface area contributed by atoms with Crippen molar-refractivity contribution in [3.05, 3.63) is 34.9 Å². The lowest BCUT2D eigenvalue weighted by molar-refractivity contribution is -0.132. The molecule has 0 atom stereocenters. The normalized spacial score (nSPS) is 12.5. The summed E-state index contributed by atoms with van der Waals surface area (Å²) in [6, 6.07) is 0. The summed E-state index contributed by atoms with van der Waals surface area (Å²) in [6.45, 7) is 7.98. The lowest BCUT2D eigenvalue weighted by Gasteiger charge is -2.00. The molecule has 90 valence electrons. The van der Waals surface area contributed by atoms with Crippen LogP contribution in [0.25, 0.3) is 0 Å². The van der Waals surface area contributed by atoms with Crippen molar-refractivity contribution in [3.63, 3.8) is 0 Å². The lowest BCUT2D eigenvalue weighted by atomic mass is 10.1. The Morgan fingerprint density at radius 2 is 1.81 bits per heavy atom. The minimum absolute atomic E-state index is 0.460. The molecule has 0 radical (unpaired) electrons. The Hall–Kier alpha value is -1.31. The molecule has 16 heavy (non-hydrogen) atoms. The molecule has 0 aromatic heterocycles. The molecule has 0 fully saturated rings. The smallest absolute Gasteiger partial charge is 0.331 e. The summed E-state index contributed by atoms with van der Waals surface area (Å²) in [4.78, 5) is 10.7. The molecule has 0 aliphatic heterocycles. The maximum atomic E-state index is 10.7. The Morgan fingerprint density at radius 1 is 1.19 bits per heavy atom. The van der Waals surface area contributed by atoms with E-state index in [1.54, 1.807) is 13.0 Å². The van der Waals surface area contributed by atoms with Crippen molar-refractivity contribution in [2.75, 3.05) is 0 Å². The highest BCUT2D eigenvalue weighted by Crippen LogP contribution is 2.11. The van der Waals surface area contributed by atoms with Gasteiger partial charge >= 0.3 is 5.97 Å². The van der Waals surface area contributed by atoms with E-state index in [-0.39, 0.29) is 0 Å². The van der Waals surface area contributed by atoms with Crippen LogP contribution in [0.4, 0.5) is 0 Å². The van der Waals surface area contributed by atoms with E-state index in [0.717, 1.165) is 12.8 Å². The molecule has 0 aromatic rings. The van der Waals surface area contributed by atoms with Crippen molar-refractivity contribution >= 4 is 5.97 Å². The third kappa shape index (κ3) is 7.04. The summed E-state index contributed by atoms with van der Waals surface area (Å²) in [5.41, 5.74) is 3.03. The summed E-state index contributed by atoms with van der Waals surface area (Å²) in [7, 11) is 0. The fourth-order valence-corrected chi connectivity index (χ4v) is 1.30. The molecule has 0 saturated heterocycles. The maximum Gasteiger partial charge on any atom is 0.331 e. The fourth-order valence-electron chi connectivity index (χ4n) is 1.30. The van der Waals surface area contributed by atoms with Crippen LogP contribution in [-0.2, 0) is 4.79 Å². The van der Waals surface area contributed by atoms with Gasteiger partial charge in [0.1, 0.15) is 0 Å². The van der Waals surface area contributed by atoms with Crippen LogP contribution < -0.4 is 0 Å². The van der Waals surface area contributed by atoms with Gasteiger partial charge in [0.2, 0.25) is 0 Å². The second kappa shape index (κ2) is 7.91. The van der Waals surface area contributed by atoms with Gasteiger partial charge in [-0.05, 0) is 47.0 Å². The summed E-state index contributed by atoms with van der Waals surface area (Å²) >= 11 is 0. The Kier molecular flexibility index (Phi) is 7.27. The predicted molar refractivity (Wildman–Crippen MR) is 68.4 cm³/mol. The zero-order valence-corrected chi connectivity index (χ0v) is 10.7. The summed E-state index contributed by atoms with van der Waals surface area (Å²) in [6.07, 6.45) is 8.41. The SMILES string of the molecule is CC=C(CC=C(C)CCC=C(C)C)C(=O)O. The number of carboxylic acids is 1.